The Morgan fingerprint density at radius 2 is 1.91 bits per heavy atom. The Balaban J connectivity index is 0.00000192. The molecule has 1 N–H and O–H groups in total. The molecule has 0 radical (unpaired) electrons. The first-order chi connectivity index (χ1) is 10.6. The van der Waals surface area contributed by atoms with Gasteiger partial charge < -0.3 is 15.1 Å². The maximum atomic E-state index is 12.2. The van der Waals surface area contributed by atoms with Gasteiger partial charge in [-0.3, -0.25) is 9.59 Å². The monoisotopic (exact) mass is 340 g/mol. The van der Waals surface area contributed by atoms with Crippen molar-refractivity contribution in [2.24, 2.45) is 11.8 Å². The first-order valence-corrected chi connectivity index (χ1v) is 8.26. The molecule has 3 atom stereocenters. The van der Waals surface area contributed by atoms with Gasteiger partial charge in [-0.15, -0.1) is 12.4 Å². The topological polar surface area (TPSA) is 76.4 Å². The normalized spacial score (nSPS) is 32.3. The third kappa shape index (κ3) is 3.78. The second-order valence-corrected chi connectivity index (χ2v) is 6.87. The highest BCUT2D eigenvalue weighted by atomic mass is 35.5. The number of hydrogen-bond donors (Lipinski definition) is 1. The van der Waals surface area contributed by atoms with Crippen molar-refractivity contribution in [3.63, 3.8) is 0 Å². The fourth-order valence-electron chi connectivity index (χ4n) is 4.26. The smallest absolute Gasteiger partial charge is 0.237 e. The number of nitriles is 1. The molecule has 3 unspecified atom stereocenters. The first-order valence-electron chi connectivity index (χ1n) is 8.26. The average Bonchev–Trinajstić information content (AvgIpc) is 3.17. The second-order valence-electron chi connectivity index (χ2n) is 6.87. The summed E-state index contributed by atoms with van der Waals surface area (Å²) in [5, 5.41) is 12.4. The van der Waals surface area contributed by atoms with Crippen LogP contribution >= 0.6 is 12.4 Å². The van der Waals surface area contributed by atoms with E-state index in [-0.39, 0.29) is 30.3 Å². The van der Waals surface area contributed by atoms with Crippen LogP contribution in [0.3, 0.4) is 0 Å². The van der Waals surface area contributed by atoms with Crippen LogP contribution in [0.25, 0.3) is 0 Å². The molecule has 3 fully saturated rings. The molecule has 0 bridgehead atoms. The molecule has 3 rings (SSSR count). The van der Waals surface area contributed by atoms with Gasteiger partial charge in [0, 0.05) is 32.6 Å². The zero-order valence-corrected chi connectivity index (χ0v) is 14.3. The van der Waals surface area contributed by atoms with Crippen molar-refractivity contribution in [3.05, 3.63) is 0 Å². The van der Waals surface area contributed by atoms with Crippen LogP contribution in [-0.4, -0.2) is 59.9 Å². The summed E-state index contributed by atoms with van der Waals surface area (Å²) in [6, 6.07) is 2.35. The van der Waals surface area contributed by atoms with E-state index in [0.717, 1.165) is 38.8 Å². The number of fused-ring (bicyclic) bond motifs is 1. The van der Waals surface area contributed by atoms with Gasteiger partial charge in [-0.25, -0.2) is 0 Å². The van der Waals surface area contributed by atoms with E-state index in [1.54, 1.807) is 11.8 Å². The van der Waals surface area contributed by atoms with Crippen molar-refractivity contribution in [2.75, 3.05) is 26.2 Å². The standard InChI is InChI=1S/C16H24N4O2.ClH/c1-11(21)19-9-12-5-14(6-13(12)10-19)18-8-16(22)20-4-2-3-15(20)7-17;/h12-15,18H,2-6,8-10H2,1H3;1H. The quantitative estimate of drug-likeness (QED) is 0.823. The fourth-order valence-corrected chi connectivity index (χ4v) is 4.26. The van der Waals surface area contributed by atoms with E-state index in [4.69, 9.17) is 5.26 Å². The van der Waals surface area contributed by atoms with Crippen LogP contribution in [0.15, 0.2) is 0 Å². The number of halogens is 1. The van der Waals surface area contributed by atoms with E-state index in [9.17, 15) is 9.59 Å². The lowest BCUT2D eigenvalue weighted by molar-refractivity contribution is -0.130. The summed E-state index contributed by atoms with van der Waals surface area (Å²) in [5.74, 6) is 1.38. The lowest BCUT2D eigenvalue weighted by atomic mass is 10.0. The average molecular weight is 341 g/mol. The number of rotatable bonds is 3. The predicted molar refractivity (Wildman–Crippen MR) is 87.9 cm³/mol. The van der Waals surface area contributed by atoms with Crippen molar-refractivity contribution >= 4 is 24.2 Å². The van der Waals surface area contributed by atoms with Crippen molar-refractivity contribution in [3.8, 4) is 6.07 Å². The van der Waals surface area contributed by atoms with Gasteiger partial charge in [-0.1, -0.05) is 0 Å². The highest BCUT2D eigenvalue weighted by molar-refractivity contribution is 5.85. The zero-order chi connectivity index (χ0) is 15.7. The van der Waals surface area contributed by atoms with Crippen LogP contribution in [0.4, 0.5) is 0 Å². The van der Waals surface area contributed by atoms with Crippen molar-refractivity contribution in [2.45, 2.75) is 44.7 Å². The molecule has 1 aliphatic carbocycles. The first kappa shape index (κ1) is 18.0. The third-order valence-electron chi connectivity index (χ3n) is 5.46. The molecule has 128 valence electrons. The molecule has 2 saturated heterocycles. The number of carbonyl (C=O) groups is 2. The summed E-state index contributed by atoms with van der Waals surface area (Å²) in [4.78, 5) is 27.3. The SMILES string of the molecule is CC(=O)N1CC2CC(NCC(=O)N3CCCC3C#N)CC2C1.Cl. The zero-order valence-electron chi connectivity index (χ0n) is 13.5. The molecule has 0 aromatic rings. The fraction of sp³-hybridized carbons (Fsp3) is 0.812. The van der Waals surface area contributed by atoms with Gasteiger partial charge in [0.15, 0.2) is 0 Å². The van der Waals surface area contributed by atoms with Gasteiger partial charge in [0.2, 0.25) is 11.8 Å². The number of likely N-dealkylation sites (tertiary alicyclic amines) is 2. The van der Waals surface area contributed by atoms with Crippen LogP contribution in [-0.2, 0) is 9.59 Å². The van der Waals surface area contributed by atoms with E-state index in [0.29, 0.717) is 31.0 Å². The molecule has 23 heavy (non-hydrogen) atoms. The summed E-state index contributed by atoms with van der Waals surface area (Å²) >= 11 is 0. The predicted octanol–water partition coefficient (Wildman–Crippen LogP) is 0.769. The minimum absolute atomic E-state index is 0. The van der Waals surface area contributed by atoms with Crippen LogP contribution in [0, 0.1) is 23.2 Å². The number of hydrogen-bond acceptors (Lipinski definition) is 4. The molecule has 2 amide bonds. The largest absolute Gasteiger partial charge is 0.342 e. The maximum absolute atomic E-state index is 12.2. The van der Waals surface area contributed by atoms with Gasteiger partial charge >= 0.3 is 0 Å². The van der Waals surface area contributed by atoms with E-state index < -0.39 is 0 Å². The van der Waals surface area contributed by atoms with Crippen LogP contribution in [0.2, 0.25) is 0 Å². The summed E-state index contributed by atoms with van der Waals surface area (Å²) in [6.45, 7) is 4.42. The van der Waals surface area contributed by atoms with Crippen LogP contribution in [0.5, 0.6) is 0 Å². The highest BCUT2D eigenvalue weighted by Crippen LogP contribution is 2.38. The van der Waals surface area contributed by atoms with E-state index in [2.05, 4.69) is 11.4 Å². The van der Waals surface area contributed by atoms with Gasteiger partial charge in [-0.2, -0.15) is 5.26 Å². The van der Waals surface area contributed by atoms with E-state index in [1.807, 2.05) is 4.90 Å². The summed E-state index contributed by atoms with van der Waals surface area (Å²) in [5.41, 5.74) is 0. The Labute approximate surface area is 143 Å². The van der Waals surface area contributed by atoms with Crippen molar-refractivity contribution < 1.29 is 9.59 Å². The molecule has 0 spiro atoms. The molecule has 6 nitrogen and oxygen atoms in total. The Kier molecular flexibility index (Phi) is 5.88. The molecule has 2 aliphatic heterocycles. The summed E-state index contributed by atoms with van der Waals surface area (Å²) in [6.07, 6.45) is 3.82. The molecule has 3 aliphatic rings. The molecule has 0 aromatic heterocycles. The van der Waals surface area contributed by atoms with Gasteiger partial charge in [-0.05, 0) is 37.5 Å². The van der Waals surface area contributed by atoms with Crippen LogP contribution < -0.4 is 5.32 Å². The third-order valence-corrected chi connectivity index (χ3v) is 5.46. The highest BCUT2D eigenvalue weighted by Gasteiger charge is 2.41. The second kappa shape index (κ2) is 7.50. The molecular weight excluding hydrogens is 316 g/mol. The number of carbonyl (C=O) groups excluding carboxylic acids is 2. The maximum Gasteiger partial charge on any atom is 0.237 e. The molecule has 2 heterocycles. The number of amides is 2. The Bertz CT molecular complexity index is 493. The van der Waals surface area contributed by atoms with Crippen LogP contribution in [0.1, 0.15) is 32.6 Å². The molecule has 1 saturated carbocycles. The Morgan fingerprint density at radius 3 is 2.48 bits per heavy atom. The lowest BCUT2D eigenvalue weighted by Crippen LogP contribution is -2.43. The Morgan fingerprint density at radius 1 is 1.26 bits per heavy atom. The molecule has 7 heteroatoms. The lowest BCUT2D eigenvalue weighted by Gasteiger charge is -2.22. The summed E-state index contributed by atoms with van der Waals surface area (Å²) in [7, 11) is 0. The van der Waals surface area contributed by atoms with Gasteiger partial charge in [0.1, 0.15) is 6.04 Å². The minimum atomic E-state index is -0.235. The van der Waals surface area contributed by atoms with E-state index in [1.165, 1.54) is 0 Å². The van der Waals surface area contributed by atoms with E-state index >= 15 is 0 Å². The summed E-state index contributed by atoms with van der Waals surface area (Å²) < 4.78 is 0. The Hall–Kier alpha value is -1.32. The van der Waals surface area contributed by atoms with Crippen molar-refractivity contribution in [1.29, 1.82) is 5.26 Å². The number of nitrogens with zero attached hydrogens (tertiary/aromatic N) is 3. The van der Waals surface area contributed by atoms with Gasteiger partial charge in [0.05, 0.1) is 12.6 Å². The molecular formula is C16H25ClN4O2. The molecule has 0 aromatic carbocycles. The van der Waals surface area contributed by atoms with Crippen molar-refractivity contribution in [1.82, 2.24) is 15.1 Å². The number of nitrogens with one attached hydrogen (secondary N) is 1. The minimum Gasteiger partial charge on any atom is -0.342 e. The van der Waals surface area contributed by atoms with Gasteiger partial charge in [0.25, 0.3) is 0 Å².